The van der Waals surface area contributed by atoms with E-state index in [-0.39, 0.29) is 37.8 Å². The van der Waals surface area contributed by atoms with Gasteiger partial charge in [-0.1, -0.05) is 0 Å². The molecule has 0 aromatic rings. The van der Waals surface area contributed by atoms with E-state index in [9.17, 15) is 26.3 Å². The van der Waals surface area contributed by atoms with Crippen LogP contribution in [0.3, 0.4) is 0 Å². The number of morpholine rings is 1. The molecule has 4 unspecified atom stereocenters. The maximum absolute atomic E-state index is 13.2. The van der Waals surface area contributed by atoms with Gasteiger partial charge in [0.1, 0.15) is 12.3 Å². The number of ether oxygens (including phenoxy) is 1. The van der Waals surface area contributed by atoms with Gasteiger partial charge in [-0.15, -0.1) is 0 Å². The molecule has 64 heavy (non-hydrogen) atoms. The molecular weight excluding hydrogens is 847 g/mol. The lowest BCUT2D eigenvalue weighted by Crippen LogP contribution is -2.50. The second-order valence-electron chi connectivity index (χ2n) is 21.5. The first-order valence-corrected chi connectivity index (χ1v) is 26.9. The zero-order valence-corrected chi connectivity index (χ0v) is 43.5. The number of thioether (sulfide) groups is 1. The third-order valence-electron chi connectivity index (χ3n) is 14.7. The molecule has 8 rings (SSSR count). The summed E-state index contributed by atoms with van der Waals surface area (Å²) in [6.07, 6.45) is 6.62. The smallest absolute Gasteiger partial charge is 0.251 e. The Labute approximate surface area is 392 Å². The molecule has 380 valence electrons. The van der Waals surface area contributed by atoms with Crippen molar-refractivity contribution < 1.29 is 31.1 Å². The Morgan fingerprint density at radius 2 is 0.781 bits per heavy atom. The maximum Gasteiger partial charge on any atom is 0.251 e. The Hall–Kier alpha value is -0.350. The topological polar surface area (TPSA) is 28.7 Å². The Morgan fingerprint density at radius 1 is 0.422 bits per heavy atom. The number of alkyl halides is 6. The zero-order valence-electron chi connectivity index (χ0n) is 42.7. The van der Waals surface area contributed by atoms with E-state index in [4.69, 9.17) is 4.74 Å². The maximum atomic E-state index is 13.2. The number of hydrogen-bond acceptors (Lipinski definition) is 8. The van der Waals surface area contributed by atoms with Gasteiger partial charge in [0.2, 0.25) is 0 Å². The molecule has 8 heterocycles. The van der Waals surface area contributed by atoms with Crippen LogP contribution < -0.4 is 0 Å². The second-order valence-corrected chi connectivity index (χ2v) is 22.7. The van der Waals surface area contributed by atoms with E-state index in [0.29, 0.717) is 55.4 Å². The molecule has 0 radical (unpaired) electrons. The van der Waals surface area contributed by atoms with Crippen LogP contribution in [0.25, 0.3) is 0 Å². The molecule has 8 aliphatic heterocycles. The largest absolute Gasteiger partial charge is 0.379 e. The lowest BCUT2D eigenvalue weighted by molar-refractivity contribution is -0.0897. The van der Waals surface area contributed by atoms with Crippen molar-refractivity contribution in [2.75, 3.05) is 77.1 Å². The summed E-state index contributed by atoms with van der Waals surface area (Å²) in [4.78, 5) is 14.2. The molecular formula is C50H96F6N6OS. The minimum atomic E-state index is -2.40. The van der Waals surface area contributed by atoms with Gasteiger partial charge in [0.25, 0.3) is 11.8 Å². The van der Waals surface area contributed by atoms with Crippen molar-refractivity contribution >= 4 is 11.8 Å². The Morgan fingerprint density at radius 3 is 1.16 bits per heavy atom. The standard InChI is InChI=1S/C10H17F2N.C10H18FN.C8H15F2N.C8H16FN.C7H15NO.C7H15NS/c1-7(2)13-8-3-4-9(13)6-10(11,12)5-8;1-7(2)12-9-3-4-10(12)6-8(11)5-9;1-7(2)11-5-3-8(9,10)4-6-11;1-7(2)10-5-3-8(9)4-6-10;2*1-7(2)8-3-5-9-6-4-8/h7-9H,3-6H2,1-2H3;7-10H,3-6H2,1-2H3;7H,3-6H2,1-2H3;7-8H,3-6H2,1-2H3;2*7H,3-6H2,1-2H3. The lowest BCUT2D eigenvalue weighted by atomic mass is 9.97. The summed E-state index contributed by atoms with van der Waals surface area (Å²) in [5.74, 6) is -2.13. The van der Waals surface area contributed by atoms with E-state index >= 15 is 0 Å². The van der Waals surface area contributed by atoms with Crippen molar-refractivity contribution in [2.24, 2.45) is 0 Å². The van der Waals surface area contributed by atoms with Gasteiger partial charge >= 0.3 is 0 Å². The number of piperidine rings is 4. The Bertz CT molecular complexity index is 1170. The Balaban J connectivity index is 0.000000205. The first kappa shape index (κ1) is 58.0. The third-order valence-corrected chi connectivity index (χ3v) is 15.6. The average molecular weight is 943 g/mol. The summed E-state index contributed by atoms with van der Waals surface area (Å²) < 4.78 is 82.5. The van der Waals surface area contributed by atoms with E-state index in [2.05, 4.69) is 110 Å². The second kappa shape index (κ2) is 28.3. The average Bonchev–Trinajstić information content (AvgIpc) is 3.69. The zero-order chi connectivity index (χ0) is 47.8. The SMILES string of the molecule is CC(C)N1C2CCC1CC(F)(F)C2.CC(C)N1C2CCC1CC(F)C2.CC(C)N1CCC(F)(F)CC1.CC(C)N1CCC(F)CC1.CC(C)N1CCOCC1.CC(C)N1CCSCC1. The van der Waals surface area contributed by atoms with Crippen molar-refractivity contribution in [2.45, 2.75) is 245 Å². The lowest BCUT2D eigenvalue weighted by Gasteiger charge is -2.41. The summed E-state index contributed by atoms with van der Waals surface area (Å²) in [6.45, 7) is 35.7. The fourth-order valence-corrected chi connectivity index (χ4v) is 11.9. The quantitative estimate of drug-likeness (QED) is 0.243. The summed E-state index contributed by atoms with van der Waals surface area (Å²) in [6, 6.07) is 4.88. The van der Waals surface area contributed by atoms with Gasteiger partial charge in [0, 0.05) is 150 Å². The monoisotopic (exact) mass is 943 g/mol. The van der Waals surface area contributed by atoms with Gasteiger partial charge in [0.15, 0.2) is 0 Å². The van der Waals surface area contributed by atoms with E-state index in [1.807, 2.05) is 13.8 Å². The van der Waals surface area contributed by atoms with E-state index in [1.165, 1.54) is 37.4 Å². The first-order chi connectivity index (χ1) is 30.0. The highest BCUT2D eigenvalue weighted by Gasteiger charge is 2.50. The van der Waals surface area contributed by atoms with Crippen molar-refractivity contribution in [1.29, 1.82) is 0 Å². The van der Waals surface area contributed by atoms with E-state index < -0.39 is 24.2 Å². The molecule has 0 N–H and O–H groups in total. The summed E-state index contributed by atoms with van der Waals surface area (Å²) in [5.41, 5.74) is 0. The normalized spacial score (nSPS) is 30.5. The highest BCUT2D eigenvalue weighted by atomic mass is 32.2. The van der Waals surface area contributed by atoms with Gasteiger partial charge in [0.05, 0.1) is 13.2 Å². The number of nitrogens with zero attached hydrogens (tertiary/aromatic N) is 6. The molecule has 7 nitrogen and oxygen atoms in total. The van der Waals surface area contributed by atoms with Crippen LogP contribution in [0.4, 0.5) is 26.3 Å². The van der Waals surface area contributed by atoms with Gasteiger partial charge < -0.3 is 14.5 Å². The predicted octanol–water partition coefficient (Wildman–Crippen LogP) is 11.1. The van der Waals surface area contributed by atoms with Crippen LogP contribution in [0.1, 0.15) is 160 Å². The highest BCUT2D eigenvalue weighted by molar-refractivity contribution is 7.99. The van der Waals surface area contributed by atoms with Crippen LogP contribution in [0, 0.1) is 0 Å². The molecule has 0 aliphatic carbocycles. The molecule has 4 bridgehead atoms. The molecule has 8 aliphatic rings. The molecule has 0 aromatic heterocycles. The highest BCUT2D eigenvalue weighted by Crippen LogP contribution is 2.44. The van der Waals surface area contributed by atoms with Gasteiger partial charge in [-0.2, -0.15) is 11.8 Å². The summed E-state index contributed by atoms with van der Waals surface area (Å²) in [7, 11) is 0. The molecule has 0 spiro atoms. The number of fused-ring (bicyclic) bond motifs is 4. The third kappa shape index (κ3) is 20.3. The number of rotatable bonds is 6. The molecule has 8 fully saturated rings. The molecule has 8 saturated heterocycles. The molecule has 14 heteroatoms. The van der Waals surface area contributed by atoms with E-state index in [1.54, 1.807) is 0 Å². The minimum absolute atomic E-state index is 0.0329. The molecule has 4 atom stereocenters. The van der Waals surface area contributed by atoms with Gasteiger partial charge in [-0.05, 0) is 134 Å². The number of likely N-dealkylation sites (tertiary alicyclic amines) is 2. The van der Waals surface area contributed by atoms with Crippen molar-refractivity contribution in [3.05, 3.63) is 0 Å². The molecule has 0 aromatic carbocycles. The fraction of sp³-hybridized carbons (Fsp3) is 1.00. The van der Waals surface area contributed by atoms with Gasteiger partial charge in [-0.25, -0.2) is 26.3 Å². The summed E-state index contributed by atoms with van der Waals surface area (Å²) >= 11 is 2.07. The van der Waals surface area contributed by atoms with Crippen molar-refractivity contribution in [3.63, 3.8) is 0 Å². The minimum Gasteiger partial charge on any atom is -0.379 e. The molecule has 0 amide bonds. The fourth-order valence-electron chi connectivity index (χ4n) is 10.9. The van der Waals surface area contributed by atoms with Crippen molar-refractivity contribution in [1.82, 2.24) is 29.4 Å². The van der Waals surface area contributed by atoms with Crippen molar-refractivity contribution in [3.8, 4) is 0 Å². The number of hydrogen-bond donors (Lipinski definition) is 0. The van der Waals surface area contributed by atoms with Crippen LogP contribution in [-0.4, -0.2) is 191 Å². The van der Waals surface area contributed by atoms with Gasteiger partial charge in [-0.3, -0.25) is 19.6 Å². The van der Waals surface area contributed by atoms with E-state index in [0.717, 1.165) is 84.0 Å². The van der Waals surface area contributed by atoms with Crippen LogP contribution >= 0.6 is 11.8 Å². The number of halogens is 6. The van der Waals surface area contributed by atoms with Crippen LogP contribution in [0.5, 0.6) is 0 Å². The Kier molecular flexibility index (Phi) is 25.7. The van der Waals surface area contributed by atoms with Crippen LogP contribution in [0.15, 0.2) is 0 Å². The summed E-state index contributed by atoms with van der Waals surface area (Å²) in [5, 5.41) is 0. The van der Waals surface area contributed by atoms with Crippen LogP contribution in [0.2, 0.25) is 0 Å². The first-order valence-electron chi connectivity index (χ1n) is 25.7. The predicted molar refractivity (Wildman–Crippen MR) is 259 cm³/mol. The van der Waals surface area contributed by atoms with Crippen LogP contribution in [-0.2, 0) is 4.74 Å². The molecule has 0 saturated carbocycles.